The minimum absolute atomic E-state index is 0.524. The normalized spacial score (nSPS) is 13.1. The van der Waals surface area contributed by atoms with Crippen LogP contribution in [-0.4, -0.2) is 29.7 Å². The highest BCUT2D eigenvalue weighted by atomic mass is 16.3. The van der Waals surface area contributed by atoms with E-state index in [0.29, 0.717) is 11.4 Å². The Balaban J connectivity index is 2.33. The molecule has 0 bridgehead atoms. The standard InChI is InChI=1S/C8H11N5O/c1-12-5-9-3-7(12)8(14)6-4-13(2)11-10-6/h3-5,8,14H,1-2H3. The van der Waals surface area contributed by atoms with E-state index in [9.17, 15) is 5.11 Å². The third-order valence-electron chi connectivity index (χ3n) is 2.03. The van der Waals surface area contributed by atoms with Gasteiger partial charge in [-0.3, -0.25) is 4.68 Å². The van der Waals surface area contributed by atoms with Crippen molar-refractivity contribution in [1.29, 1.82) is 0 Å². The van der Waals surface area contributed by atoms with Crippen LogP contribution in [-0.2, 0) is 14.1 Å². The first-order valence-electron chi connectivity index (χ1n) is 4.19. The van der Waals surface area contributed by atoms with Crippen LogP contribution in [0.1, 0.15) is 17.5 Å². The number of hydrogen-bond acceptors (Lipinski definition) is 4. The van der Waals surface area contributed by atoms with Gasteiger partial charge in [-0.05, 0) is 0 Å². The van der Waals surface area contributed by atoms with E-state index in [0.717, 1.165) is 0 Å². The van der Waals surface area contributed by atoms with Gasteiger partial charge < -0.3 is 9.67 Å². The zero-order valence-electron chi connectivity index (χ0n) is 7.99. The largest absolute Gasteiger partial charge is 0.380 e. The average Bonchev–Trinajstić information content (AvgIpc) is 2.73. The van der Waals surface area contributed by atoms with Gasteiger partial charge in [0.1, 0.15) is 11.8 Å². The molecule has 0 aliphatic heterocycles. The molecule has 2 aromatic heterocycles. The summed E-state index contributed by atoms with van der Waals surface area (Å²) >= 11 is 0. The van der Waals surface area contributed by atoms with Gasteiger partial charge in [-0.25, -0.2) is 4.98 Å². The molecule has 6 nitrogen and oxygen atoms in total. The Morgan fingerprint density at radius 2 is 2.21 bits per heavy atom. The second-order valence-corrected chi connectivity index (χ2v) is 3.15. The molecule has 2 heterocycles. The van der Waals surface area contributed by atoms with Gasteiger partial charge in [0.25, 0.3) is 0 Å². The van der Waals surface area contributed by atoms with E-state index in [1.165, 1.54) is 0 Å². The molecule has 1 unspecified atom stereocenters. The van der Waals surface area contributed by atoms with Crippen LogP contribution < -0.4 is 0 Å². The fourth-order valence-electron chi connectivity index (χ4n) is 1.27. The topological polar surface area (TPSA) is 68.8 Å². The summed E-state index contributed by atoms with van der Waals surface area (Å²) in [4.78, 5) is 3.92. The second kappa shape index (κ2) is 3.22. The van der Waals surface area contributed by atoms with Gasteiger partial charge >= 0.3 is 0 Å². The Morgan fingerprint density at radius 1 is 1.43 bits per heavy atom. The van der Waals surface area contributed by atoms with Crippen molar-refractivity contribution < 1.29 is 5.11 Å². The monoisotopic (exact) mass is 193 g/mol. The lowest BCUT2D eigenvalue weighted by Gasteiger charge is -2.06. The summed E-state index contributed by atoms with van der Waals surface area (Å²) in [5.41, 5.74) is 1.22. The SMILES string of the molecule is Cn1cc(C(O)c2cncn2C)nn1. The van der Waals surface area contributed by atoms with Gasteiger partial charge in [0, 0.05) is 14.1 Å². The van der Waals surface area contributed by atoms with Crippen LogP contribution in [0.2, 0.25) is 0 Å². The van der Waals surface area contributed by atoms with Crippen LogP contribution in [0.3, 0.4) is 0 Å². The molecule has 2 rings (SSSR count). The number of nitrogens with zero attached hydrogens (tertiary/aromatic N) is 5. The van der Waals surface area contributed by atoms with Crippen LogP contribution in [0.4, 0.5) is 0 Å². The van der Waals surface area contributed by atoms with Crippen molar-refractivity contribution in [3.8, 4) is 0 Å². The van der Waals surface area contributed by atoms with Crippen molar-refractivity contribution in [3.63, 3.8) is 0 Å². The van der Waals surface area contributed by atoms with Crippen LogP contribution in [0.25, 0.3) is 0 Å². The molecule has 0 aromatic carbocycles. The Kier molecular flexibility index (Phi) is 2.05. The van der Waals surface area contributed by atoms with E-state index in [1.54, 1.807) is 35.0 Å². The van der Waals surface area contributed by atoms with Gasteiger partial charge in [-0.15, -0.1) is 5.10 Å². The Hall–Kier alpha value is -1.69. The quantitative estimate of drug-likeness (QED) is 0.706. The zero-order valence-corrected chi connectivity index (χ0v) is 7.99. The van der Waals surface area contributed by atoms with Gasteiger partial charge in [-0.2, -0.15) is 0 Å². The smallest absolute Gasteiger partial charge is 0.141 e. The molecular formula is C8H11N5O. The molecule has 6 heteroatoms. The molecule has 0 saturated carbocycles. The predicted octanol–water partition coefficient (Wildman–Crippen LogP) is -0.370. The maximum absolute atomic E-state index is 9.90. The first-order chi connectivity index (χ1) is 6.68. The highest BCUT2D eigenvalue weighted by Crippen LogP contribution is 2.17. The molecule has 74 valence electrons. The van der Waals surface area contributed by atoms with E-state index in [-0.39, 0.29) is 0 Å². The number of imidazole rings is 1. The molecule has 0 saturated heterocycles. The van der Waals surface area contributed by atoms with Gasteiger partial charge in [0.05, 0.1) is 24.4 Å². The summed E-state index contributed by atoms with van der Waals surface area (Å²) in [5.74, 6) is 0. The van der Waals surface area contributed by atoms with Crippen molar-refractivity contribution in [1.82, 2.24) is 24.5 Å². The Morgan fingerprint density at radius 3 is 2.71 bits per heavy atom. The number of aryl methyl sites for hydroxylation is 2. The minimum Gasteiger partial charge on any atom is -0.380 e. The van der Waals surface area contributed by atoms with Crippen molar-refractivity contribution in [2.75, 3.05) is 0 Å². The summed E-state index contributed by atoms with van der Waals surface area (Å²) < 4.78 is 3.30. The molecule has 0 amide bonds. The lowest BCUT2D eigenvalue weighted by Crippen LogP contribution is -2.05. The van der Waals surface area contributed by atoms with Crippen molar-refractivity contribution in [2.24, 2.45) is 14.1 Å². The second-order valence-electron chi connectivity index (χ2n) is 3.15. The van der Waals surface area contributed by atoms with Crippen LogP contribution in [0.5, 0.6) is 0 Å². The summed E-state index contributed by atoms with van der Waals surface area (Å²) in [6.07, 6.45) is 4.16. The fraction of sp³-hybridized carbons (Fsp3) is 0.375. The van der Waals surface area contributed by atoms with Crippen LogP contribution >= 0.6 is 0 Å². The number of aliphatic hydroxyl groups is 1. The van der Waals surface area contributed by atoms with E-state index >= 15 is 0 Å². The lowest BCUT2D eigenvalue weighted by molar-refractivity contribution is 0.206. The Labute approximate surface area is 80.8 Å². The third kappa shape index (κ3) is 1.39. The van der Waals surface area contributed by atoms with E-state index in [4.69, 9.17) is 0 Å². The summed E-state index contributed by atoms with van der Waals surface area (Å²) in [6.45, 7) is 0. The number of aromatic nitrogens is 5. The zero-order chi connectivity index (χ0) is 10.1. The molecule has 1 N–H and O–H groups in total. The van der Waals surface area contributed by atoms with Crippen molar-refractivity contribution in [2.45, 2.75) is 6.10 Å². The number of aliphatic hydroxyl groups excluding tert-OH is 1. The molecule has 0 aliphatic carbocycles. The number of hydrogen-bond donors (Lipinski definition) is 1. The molecule has 2 aromatic rings. The fourth-order valence-corrected chi connectivity index (χ4v) is 1.27. The maximum Gasteiger partial charge on any atom is 0.141 e. The average molecular weight is 193 g/mol. The molecule has 1 atom stereocenters. The summed E-state index contributed by atoms with van der Waals surface area (Å²) in [7, 11) is 3.58. The van der Waals surface area contributed by atoms with E-state index < -0.39 is 6.10 Å². The molecule has 0 spiro atoms. The van der Waals surface area contributed by atoms with Gasteiger partial charge in [0.2, 0.25) is 0 Å². The molecule has 0 fully saturated rings. The predicted molar refractivity (Wildman–Crippen MR) is 48.3 cm³/mol. The maximum atomic E-state index is 9.90. The minimum atomic E-state index is -0.767. The highest BCUT2D eigenvalue weighted by Gasteiger charge is 2.16. The summed E-state index contributed by atoms with van der Waals surface area (Å²) in [6, 6.07) is 0. The third-order valence-corrected chi connectivity index (χ3v) is 2.03. The van der Waals surface area contributed by atoms with E-state index in [2.05, 4.69) is 15.3 Å². The van der Waals surface area contributed by atoms with Crippen molar-refractivity contribution in [3.05, 3.63) is 30.1 Å². The van der Waals surface area contributed by atoms with Crippen LogP contribution in [0, 0.1) is 0 Å². The number of rotatable bonds is 2. The molecule has 0 aliphatic rings. The first-order valence-corrected chi connectivity index (χ1v) is 4.19. The first kappa shape index (κ1) is 8.89. The van der Waals surface area contributed by atoms with Crippen molar-refractivity contribution >= 4 is 0 Å². The van der Waals surface area contributed by atoms with Crippen LogP contribution in [0.15, 0.2) is 18.7 Å². The molecule has 0 radical (unpaired) electrons. The summed E-state index contributed by atoms with van der Waals surface area (Å²) in [5, 5.41) is 17.5. The Bertz CT molecular complexity index is 432. The molecular weight excluding hydrogens is 182 g/mol. The lowest BCUT2D eigenvalue weighted by atomic mass is 10.2. The highest BCUT2D eigenvalue weighted by molar-refractivity contribution is 5.14. The van der Waals surface area contributed by atoms with Gasteiger partial charge in [0.15, 0.2) is 0 Å². The van der Waals surface area contributed by atoms with Gasteiger partial charge in [-0.1, -0.05) is 5.21 Å². The van der Waals surface area contributed by atoms with E-state index in [1.807, 2.05) is 7.05 Å². The molecule has 14 heavy (non-hydrogen) atoms.